The van der Waals surface area contributed by atoms with E-state index in [-0.39, 0.29) is 5.91 Å². The van der Waals surface area contributed by atoms with Gasteiger partial charge in [0.25, 0.3) is 5.91 Å². The van der Waals surface area contributed by atoms with Crippen molar-refractivity contribution in [3.8, 4) is 0 Å². The van der Waals surface area contributed by atoms with E-state index in [0.29, 0.717) is 16.4 Å². The summed E-state index contributed by atoms with van der Waals surface area (Å²) in [6.45, 7) is 1.78. The van der Waals surface area contributed by atoms with Crippen molar-refractivity contribution in [2.45, 2.75) is 13.0 Å². The Morgan fingerprint density at radius 2 is 1.91 bits per heavy atom. The lowest BCUT2D eigenvalue weighted by atomic mass is 9.99. The lowest BCUT2D eigenvalue weighted by molar-refractivity contribution is -0.119. The summed E-state index contributed by atoms with van der Waals surface area (Å²) in [6, 6.07) is 12.4. The Morgan fingerprint density at radius 1 is 1.18 bits per heavy atom. The smallest absolute Gasteiger partial charge is 0.251 e. The van der Waals surface area contributed by atoms with E-state index in [1.165, 1.54) is 0 Å². The minimum atomic E-state index is -0.482. The number of carbonyl (C=O) groups excluding carboxylic acids is 1. The van der Waals surface area contributed by atoms with Crippen LogP contribution in [0.5, 0.6) is 0 Å². The molecule has 1 aliphatic rings. The van der Waals surface area contributed by atoms with Crippen LogP contribution >= 0.6 is 11.6 Å². The first-order valence-electron chi connectivity index (χ1n) is 6.99. The number of nitrogens with two attached hydrogens (primary N) is 1. The highest BCUT2D eigenvalue weighted by Gasteiger charge is 2.27. The van der Waals surface area contributed by atoms with Crippen LogP contribution < -0.4 is 10.6 Å². The molecule has 0 bridgehead atoms. The molecule has 0 saturated heterocycles. The second kappa shape index (κ2) is 5.46. The van der Waals surface area contributed by atoms with E-state index in [0.717, 1.165) is 16.8 Å². The Kier molecular flexibility index (Phi) is 3.62. The third-order valence-corrected chi connectivity index (χ3v) is 4.11. The molecule has 1 aliphatic heterocycles. The highest BCUT2D eigenvalue weighted by atomic mass is 35.5. The molecule has 2 aromatic carbocycles. The Hall–Kier alpha value is -2.33. The van der Waals surface area contributed by atoms with Crippen molar-refractivity contribution in [1.82, 2.24) is 0 Å². The number of hydrogen-bond acceptors (Lipinski definition) is 3. The van der Waals surface area contributed by atoms with Gasteiger partial charge in [0.05, 0.1) is 11.4 Å². The number of nitrogens with zero attached hydrogens (tertiary/aromatic N) is 2. The van der Waals surface area contributed by atoms with E-state index in [4.69, 9.17) is 17.3 Å². The maximum Gasteiger partial charge on any atom is 0.251 e. The number of carbonyl (C=O) groups is 1. The summed E-state index contributed by atoms with van der Waals surface area (Å²) in [5, 5.41) is 0.596. The topological polar surface area (TPSA) is 58.7 Å². The number of aliphatic imine (C=N–C) groups is 1. The molecule has 1 heterocycles. The molecule has 22 heavy (non-hydrogen) atoms. The quantitative estimate of drug-likeness (QED) is 0.822. The molecule has 0 spiro atoms. The summed E-state index contributed by atoms with van der Waals surface area (Å²) < 4.78 is 0. The van der Waals surface area contributed by atoms with Crippen LogP contribution in [-0.2, 0) is 4.79 Å². The third kappa shape index (κ3) is 2.35. The van der Waals surface area contributed by atoms with E-state index >= 15 is 0 Å². The molecule has 112 valence electrons. The number of anilines is 2. The van der Waals surface area contributed by atoms with E-state index in [9.17, 15) is 4.79 Å². The summed E-state index contributed by atoms with van der Waals surface area (Å²) in [6.07, 6.45) is 0. The van der Waals surface area contributed by atoms with Crippen LogP contribution in [0.25, 0.3) is 0 Å². The van der Waals surface area contributed by atoms with Gasteiger partial charge in [0, 0.05) is 28.9 Å². The molecular weight excluding hydrogens is 298 g/mol. The van der Waals surface area contributed by atoms with Gasteiger partial charge in [-0.1, -0.05) is 29.8 Å². The number of benzene rings is 2. The number of nitrogen functional groups attached to an aromatic ring is 1. The zero-order valence-corrected chi connectivity index (χ0v) is 13.1. The zero-order valence-electron chi connectivity index (χ0n) is 12.4. The monoisotopic (exact) mass is 313 g/mol. The molecule has 0 saturated carbocycles. The van der Waals surface area contributed by atoms with Crippen molar-refractivity contribution in [3.05, 3.63) is 58.6 Å². The number of halogens is 1. The molecule has 0 radical (unpaired) electrons. The van der Waals surface area contributed by atoms with E-state index in [1.54, 1.807) is 24.9 Å². The first-order valence-corrected chi connectivity index (χ1v) is 7.37. The second-order valence-corrected chi connectivity index (χ2v) is 5.71. The van der Waals surface area contributed by atoms with Crippen molar-refractivity contribution in [2.24, 2.45) is 4.99 Å². The number of rotatable bonds is 1. The highest BCUT2D eigenvalue weighted by Crippen LogP contribution is 2.31. The average molecular weight is 314 g/mol. The van der Waals surface area contributed by atoms with Gasteiger partial charge in [-0.2, -0.15) is 0 Å². The highest BCUT2D eigenvalue weighted by molar-refractivity contribution is 6.36. The molecular formula is C17H16ClN3O. The molecule has 1 atom stereocenters. The predicted octanol–water partition coefficient (Wildman–Crippen LogP) is 3.12. The molecule has 0 aromatic heterocycles. The van der Waals surface area contributed by atoms with Gasteiger partial charge in [0.15, 0.2) is 0 Å². The van der Waals surface area contributed by atoms with Gasteiger partial charge in [0.2, 0.25) is 0 Å². The van der Waals surface area contributed by atoms with Crippen molar-refractivity contribution in [3.63, 3.8) is 0 Å². The normalized spacial score (nSPS) is 17.8. The molecule has 2 N–H and O–H groups in total. The fourth-order valence-corrected chi connectivity index (χ4v) is 2.85. The number of hydrogen-bond donors (Lipinski definition) is 1. The third-order valence-electron chi connectivity index (χ3n) is 3.78. The van der Waals surface area contributed by atoms with Gasteiger partial charge in [-0.05, 0) is 31.2 Å². The lowest BCUT2D eigenvalue weighted by Crippen LogP contribution is -2.32. The minimum absolute atomic E-state index is 0.0620. The Balaban J connectivity index is 2.31. The van der Waals surface area contributed by atoms with Gasteiger partial charge in [-0.25, -0.2) is 0 Å². The molecule has 0 aliphatic carbocycles. The van der Waals surface area contributed by atoms with Gasteiger partial charge in [-0.3, -0.25) is 9.79 Å². The maximum atomic E-state index is 12.4. The average Bonchev–Trinajstić information content (AvgIpc) is 2.59. The van der Waals surface area contributed by atoms with Crippen LogP contribution in [-0.4, -0.2) is 24.7 Å². The SMILES string of the molecule is C[C@@H]1N=C(c2ccccc2Cl)c2cc(N)ccc2N(C)C1=O. The molecule has 3 rings (SSSR count). The van der Waals surface area contributed by atoms with E-state index in [1.807, 2.05) is 36.4 Å². The summed E-state index contributed by atoms with van der Waals surface area (Å²) >= 11 is 6.33. The van der Waals surface area contributed by atoms with E-state index in [2.05, 4.69) is 4.99 Å². The van der Waals surface area contributed by atoms with Crippen LogP contribution in [0.2, 0.25) is 5.02 Å². The van der Waals surface area contributed by atoms with E-state index < -0.39 is 6.04 Å². The number of fused-ring (bicyclic) bond motifs is 1. The van der Waals surface area contributed by atoms with Gasteiger partial charge in [-0.15, -0.1) is 0 Å². The van der Waals surface area contributed by atoms with Crippen LogP contribution in [0, 0.1) is 0 Å². The summed E-state index contributed by atoms with van der Waals surface area (Å²) in [7, 11) is 1.75. The van der Waals surface area contributed by atoms with Gasteiger partial charge >= 0.3 is 0 Å². The summed E-state index contributed by atoms with van der Waals surface area (Å²) in [5.41, 5.74) is 9.64. The largest absolute Gasteiger partial charge is 0.399 e. The molecule has 2 aromatic rings. The Labute approximate surface area is 134 Å². The second-order valence-electron chi connectivity index (χ2n) is 5.31. The number of amides is 1. The fraction of sp³-hybridized carbons (Fsp3) is 0.176. The summed E-state index contributed by atoms with van der Waals surface area (Å²) in [5.74, 6) is -0.0620. The Morgan fingerprint density at radius 3 is 2.64 bits per heavy atom. The van der Waals surface area contributed by atoms with Crippen molar-refractivity contribution >= 4 is 34.6 Å². The van der Waals surface area contributed by atoms with Gasteiger partial charge < -0.3 is 10.6 Å². The number of likely N-dealkylation sites (N-methyl/N-ethyl adjacent to an activating group) is 1. The molecule has 1 amide bonds. The van der Waals surface area contributed by atoms with Crippen molar-refractivity contribution in [2.75, 3.05) is 17.7 Å². The maximum absolute atomic E-state index is 12.4. The standard InChI is InChI=1S/C17H16ClN3O/c1-10-17(22)21(2)15-8-7-11(19)9-13(15)16(20-10)12-5-3-4-6-14(12)18/h3-10H,19H2,1-2H3/t10-/m0/s1. The molecule has 0 unspecified atom stereocenters. The first kappa shape index (κ1) is 14.6. The number of benzodiazepines with no additional fused rings is 1. The fourth-order valence-electron chi connectivity index (χ4n) is 2.62. The van der Waals surface area contributed by atoms with Crippen molar-refractivity contribution in [1.29, 1.82) is 0 Å². The van der Waals surface area contributed by atoms with Crippen LogP contribution in [0.3, 0.4) is 0 Å². The van der Waals surface area contributed by atoms with Crippen molar-refractivity contribution < 1.29 is 4.79 Å². The first-order chi connectivity index (χ1) is 10.5. The summed E-state index contributed by atoms with van der Waals surface area (Å²) in [4.78, 5) is 18.6. The van der Waals surface area contributed by atoms with Crippen LogP contribution in [0.15, 0.2) is 47.5 Å². The van der Waals surface area contributed by atoms with Crippen LogP contribution in [0.1, 0.15) is 18.1 Å². The molecule has 5 heteroatoms. The Bertz CT molecular complexity index is 785. The molecule has 0 fully saturated rings. The zero-order chi connectivity index (χ0) is 15.9. The molecule has 4 nitrogen and oxygen atoms in total. The minimum Gasteiger partial charge on any atom is -0.399 e. The lowest BCUT2D eigenvalue weighted by Gasteiger charge is -2.19. The predicted molar refractivity (Wildman–Crippen MR) is 90.8 cm³/mol. The van der Waals surface area contributed by atoms with Gasteiger partial charge in [0.1, 0.15) is 6.04 Å². The van der Waals surface area contributed by atoms with Crippen LogP contribution in [0.4, 0.5) is 11.4 Å².